The maximum Gasteiger partial charge on any atom is 0.249 e. The van der Waals surface area contributed by atoms with Crippen molar-refractivity contribution in [2.45, 2.75) is 53.1 Å². The number of hydrogen-bond acceptors (Lipinski definition) is 4. The third-order valence-electron chi connectivity index (χ3n) is 4.49. The van der Waals surface area contributed by atoms with Crippen LogP contribution in [0.1, 0.15) is 46.1 Å². The zero-order valence-corrected chi connectivity index (χ0v) is 17.8. The van der Waals surface area contributed by atoms with Crippen LogP contribution in [-0.4, -0.2) is 50.6 Å². The van der Waals surface area contributed by atoms with E-state index in [0.29, 0.717) is 18.9 Å². The average molecular weight is 378 g/mol. The highest BCUT2D eigenvalue weighted by atomic mass is 16.5. The molecule has 0 aromatic heterocycles. The summed E-state index contributed by atoms with van der Waals surface area (Å²) >= 11 is 0. The second-order valence-corrected chi connectivity index (χ2v) is 7.60. The van der Waals surface area contributed by atoms with Crippen molar-refractivity contribution in [2.75, 3.05) is 38.0 Å². The number of amides is 2. The van der Waals surface area contributed by atoms with Gasteiger partial charge in [-0.3, -0.25) is 9.59 Å². The van der Waals surface area contributed by atoms with Gasteiger partial charge in [0.25, 0.3) is 0 Å². The van der Waals surface area contributed by atoms with Crippen LogP contribution in [-0.2, 0) is 20.9 Å². The van der Waals surface area contributed by atoms with Gasteiger partial charge in [0, 0.05) is 51.6 Å². The molecular formula is C21H35N3O3. The number of anilines is 2. The number of hydrogen-bond donors (Lipinski definition) is 1. The van der Waals surface area contributed by atoms with E-state index < -0.39 is 0 Å². The van der Waals surface area contributed by atoms with Crippen molar-refractivity contribution in [1.82, 2.24) is 4.90 Å². The van der Waals surface area contributed by atoms with Crippen molar-refractivity contribution >= 4 is 23.2 Å². The lowest BCUT2D eigenvalue weighted by Gasteiger charge is -2.30. The lowest BCUT2D eigenvalue weighted by molar-refractivity contribution is -0.138. The first-order valence-corrected chi connectivity index (χ1v) is 9.58. The molecule has 0 radical (unpaired) electrons. The fraction of sp³-hybridized carbons (Fsp3) is 0.619. The molecule has 1 rings (SSSR count). The quantitative estimate of drug-likeness (QED) is 0.678. The van der Waals surface area contributed by atoms with E-state index >= 15 is 0 Å². The van der Waals surface area contributed by atoms with Crippen LogP contribution in [0.4, 0.5) is 11.4 Å². The fourth-order valence-electron chi connectivity index (χ4n) is 2.91. The van der Waals surface area contributed by atoms with E-state index in [4.69, 9.17) is 4.74 Å². The molecular weight excluding hydrogens is 342 g/mol. The highest BCUT2D eigenvalue weighted by molar-refractivity contribution is 5.91. The minimum absolute atomic E-state index is 0.00259. The Bertz CT molecular complexity index is 629. The molecule has 0 aliphatic heterocycles. The summed E-state index contributed by atoms with van der Waals surface area (Å²) in [6.45, 7) is 8.67. The van der Waals surface area contributed by atoms with Gasteiger partial charge >= 0.3 is 0 Å². The van der Waals surface area contributed by atoms with Crippen molar-refractivity contribution in [2.24, 2.45) is 5.92 Å². The number of benzene rings is 1. The zero-order chi connectivity index (χ0) is 20.6. The Morgan fingerprint density at radius 1 is 1.19 bits per heavy atom. The number of nitrogens with one attached hydrogen (secondary N) is 1. The number of nitrogens with zero attached hydrogens (tertiary/aromatic N) is 2. The molecule has 0 heterocycles. The highest BCUT2D eigenvalue weighted by Gasteiger charge is 2.21. The molecule has 2 amide bonds. The number of ether oxygens (including phenoxy) is 1. The number of rotatable bonds is 10. The first-order chi connectivity index (χ1) is 12.7. The highest BCUT2D eigenvalue weighted by Crippen LogP contribution is 2.26. The number of carbonyl (C=O) groups excluding carboxylic acids is 2. The predicted molar refractivity (Wildman–Crippen MR) is 111 cm³/mol. The van der Waals surface area contributed by atoms with Gasteiger partial charge in [-0.15, -0.1) is 0 Å². The van der Waals surface area contributed by atoms with Gasteiger partial charge in [-0.25, -0.2) is 0 Å². The lowest BCUT2D eigenvalue weighted by atomic mass is 10.1. The summed E-state index contributed by atoms with van der Waals surface area (Å²) < 4.78 is 5.05. The van der Waals surface area contributed by atoms with Crippen LogP contribution in [0.25, 0.3) is 0 Å². The van der Waals surface area contributed by atoms with Gasteiger partial charge in [0.2, 0.25) is 11.8 Å². The molecule has 0 aliphatic carbocycles. The Balaban J connectivity index is 3.14. The van der Waals surface area contributed by atoms with Gasteiger partial charge in [0.15, 0.2) is 0 Å². The summed E-state index contributed by atoms with van der Waals surface area (Å²) in [5.74, 6) is 0.270. The van der Waals surface area contributed by atoms with Crippen LogP contribution >= 0.6 is 0 Å². The molecule has 1 aromatic carbocycles. The summed E-state index contributed by atoms with van der Waals surface area (Å²) in [5.41, 5.74) is 2.77. The molecule has 0 bridgehead atoms. The van der Waals surface area contributed by atoms with E-state index in [1.807, 2.05) is 62.9 Å². The van der Waals surface area contributed by atoms with Crippen molar-refractivity contribution in [3.8, 4) is 0 Å². The van der Waals surface area contributed by atoms with Crippen LogP contribution in [0, 0.1) is 5.92 Å². The van der Waals surface area contributed by atoms with Crippen molar-refractivity contribution < 1.29 is 14.3 Å². The smallest absolute Gasteiger partial charge is 0.249 e. The van der Waals surface area contributed by atoms with Gasteiger partial charge in [0.1, 0.15) is 6.61 Å². The lowest BCUT2D eigenvalue weighted by Crippen LogP contribution is -2.40. The third-order valence-corrected chi connectivity index (χ3v) is 4.49. The maximum atomic E-state index is 12.5. The minimum Gasteiger partial charge on any atom is -0.377 e. The summed E-state index contributed by atoms with van der Waals surface area (Å²) in [5, 5.41) is 2.97. The summed E-state index contributed by atoms with van der Waals surface area (Å²) in [4.78, 5) is 28.5. The fourth-order valence-corrected chi connectivity index (χ4v) is 2.91. The molecule has 1 N–H and O–H groups in total. The molecule has 0 unspecified atom stereocenters. The molecule has 152 valence electrons. The third kappa shape index (κ3) is 7.21. The maximum absolute atomic E-state index is 12.5. The van der Waals surface area contributed by atoms with Gasteiger partial charge in [0.05, 0.1) is 0 Å². The molecule has 0 fully saturated rings. The Hall–Kier alpha value is -2.08. The van der Waals surface area contributed by atoms with Crippen molar-refractivity contribution in [1.29, 1.82) is 0 Å². The standard InChI is InChI=1S/C21H35N3O3/c1-8-16(4)24(21(26)14-27-7)13-17-12-18(9-10-19(17)23(5)6)22-20(25)11-15(2)3/h9-10,12,15-16H,8,11,13-14H2,1-7H3,(H,22,25)/t16-/m0/s1. The van der Waals surface area contributed by atoms with E-state index in [1.54, 1.807) is 0 Å². The van der Waals surface area contributed by atoms with Crippen LogP contribution < -0.4 is 10.2 Å². The monoisotopic (exact) mass is 377 g/mol. The first kappa shape index (κ1) is 23.0. The summed E-state index contributed by atoms with van der Waals surface area (Å²) in [6.07, 6.45) is 1.34. The molecule has 0 aliphatic rings. The molecule has 1 aromatic rings. The Labute approximate surface area is 163 Å². The van der Waals surface area contributed by atoms with Crippen molar-refractivity contribution in [3.63, 3.8) is 0 Å². The number of carbonyl (C=O) groups is 2. The second-order valence-electron chi connectivity index (χ2n) is 7.60. The van der Waals surface area contributed by atoms with Gasteiger partial charge in [-0.1, -0.05) is 20.8 Å². The van der Waals surface area contributed by atoms with E-state index in [2.05, 4.69) is 12.2 Å². The first-order valence-electron chi connectivity index (χ1n) is 9.58. The van der Waals surface area contributed by atoms with Gasteiger partial charge in [-0.05, 0) is 43.0 Å². The molecule has 1 atom stereocenters. The predicted octanol–water partition coefficient (Wildman–Crippen LogP) is 3.51. The van der Waals surface area contributed by atoms with E-state index in [-0.39, 0.29) is 24.5 Å². The Morgan fingerprint density at radius 3 is 2.37 bits per heavy atom. The number of methoxy groups -OCH3 is 1. The van der Waals surface area contributed by atoms with Crippen molar-refractivity contribution in [3.05, 3.63) is 23.8 Å². The van der Waals surface area contributed by atoms with E-state index in [1.165, 1.54) is 7.11 Å². The van der Waals surface area contributed by atoms with E-state index in [0.717, 1.165) is 23.4 Å². The molecule has 27 heavy (non-hydrogen) atoms. The van der Waals surface area contributed by atoms with Gasteiger partial charge < -0.3 is 19.9 Å². The largest absolute Gasteiger partial charge is 0.377 e. The summed E-state index contributed by atoms with van der Waals surface area (Å²) in [6, 6.07) is 5.95. The minimum atomic E-state index is -0.0363. The summed E-state index contributed by atoms with van der Waals surface area (Å²) in [7, 11) is 5.48. The molecule has 6 nitrogen and oxygen atoms in total. The van der Waals surface area contributed by atoms with E-state index in [9.17, 15) is 9.59 Å². The van der Waals surface area contributed by atoms with Crippen LogP contribution in [0.15, 0.2) is 18.2 Å². The normalized spacial score (nSPS) is 12.0. The van der Waals surface area contributed by atoms with Gasteiger partial charge in [-0.2, -0.15) is 0 Å². The average Bonchev–Trinajstić information content (AvgIpc) is 2.58. The zero-order valence-electron chi connectivity index (χ0n) is 17.8. The molecule has 0 saturated carbocycles. The van der Waals surface area contributed by atoms with Crippen LogP contribution in [0.5, 0.6) is 0 Å². The Kier molecular flexibility index (Phi) is 9.29. The van der Waals surface area contributed by atoms with Crippen LogP contribution in [0.3, 0.4) is 0 Å². The topological polar surface area (TPSA) is 61.9 Å². The SMILES string of the molecule is CC[C@H](C)N(Cc1cc(NC(=O)CC(C)C)ccc1N(C)C)C(=O)COC. The molecule has 0 spiro atoms. The molecule has 6 heteroatoms. The second kappa shape index (κ2) is 10.9. The molecule has 0 saturated heterocycles. The van der Waals surface area contributed by atoms with Crippen LogP contribution in [0.2, 0.25) is 0 Å². The Morgan fingerprint density at radius 2 is 1.85 bits per heavy atom.